The van der Waals surface area contributed by atoms with E-state index in [4.69, 9.17) is 6.58 Å². The summed E-state index contributed by atoms with van der Waals surface area (Å²) in [7, 11) is 0. The van der Waals surface area contributed by atoms with Crippen LogP contribution < -0.4 is 0 Å². The van der Waals surface area contributed by atoms with E-state index in [0.29, 0.717) is 0 Å². The molecule has 2 aromatic carbocycles. The maximum atomic E-state index is 5.95. The van der Waals surface area contributed by atoms with Crippen molar-refractivity contribution in [3.8, 4) is 11.3 Å². The van der Waals surface area contributed by atoms with E-state index in [1.165, 1.54) is 5.39 Å². The second-order valence-corrected chi connectivity index (χ2v) is 9.29. The molecule has 1 heterocycles. The summed E-state index contributed by atoms with van der Waals surface area (Å²) in [5, 5.41) is 1.17. The number of pyridine rings is 1. The van der Waals surface area contributed by atoms with Crippen LogP contribution in [-0.2, 0) is 20.1 Å². The van der Waals surface area contributed by atoms with Gasteiger partial charge in [-0.3, -0.25) is 11.6 Å². The molecule has 1 aromatic heterocycles. The molecular formula is C28H32IrN. The van der Waals surface area contributed by atoms with E-state index in [0.717, 1.165) is 27.9 Å². The van der Waals surface area contributed by atoms with Crippen LogP contribution in [0.3, 0.4) is 0 Å². The third-order valence-corrected chi connectivity index (χ3v) is 4.74. The number of benzene rings is 2. The van der Waals surface area contributed by atoms with Crippen molar-refractivity contribution in [2.45, 2.75) is 41.5 Å². The molecule has 0 radical (unpaired) electrons. The van der Waals surface area contributed by atoms with Gasteiger partial charge in [0.15, 0.2) is 0 Å². The van der Waals surface area contributed by atoms with E-state index in [-0.39, 0.29) is 30.9 Å². The minimum Gasteiger partial charge on any atom is -0.296 e. The van der Waals surface area contributed by atoms with Crippen molar-refractivity contribution >= 4 is 10.9 Å². The van der Waals surface area contributed by atoms with Crippen LogP contribution in [0.5, 0.6) is 0 Å². The molecule has 3 rings (SSSR count). The van der Waals surface area contributed by atoms with Crippen molar-refractivity contribution in [1.29, 1.82) is 0 Å². The van der Waals surface area contributed by atoms with Crippen molar-refractivity contribution in [2.75, 3.05) is 0 Å². The van der Waals surface area contributed by atoms with Gasteiger partial charge in [0.25, 0.3) is 0 Å². The summed E-state index contributed by atoms with van der Waals surface area (Å²) < 4.78 is 0. The summed E-state index contributed by atoms with van der Waals surface area (Å²) in [4.78, 5) is 4.61. The summed E-state index contributed by atoms with van der Waals surface area (Å²) in [6, 6.07) is 23.4. The molecule has 0 amide bonds. The van der Waals surface area contributed by atoms with Crippen LogP contribution >= 0.6 is 0 Å². The first-order chi connectivity index (χ1) is 13.5. The van der Waals surface area contributed by atoms with Crippen LogP contribution in [-0.4, -0.2) is 4.98 Å². The molecule has 0 aliphatic carbocycles. The zero-order valence-corrected chi connectivity index (χ0v) is 21.3. The summed E-state index contributed by atoms with van der Waals surface area (Å²) in [6.07, 6.45) is 2.00. The predicted octanol–water partition coefficient (Wildman–Crippen LogP) is 7.90. The molecule has 0 N–H and O–H groups in total. The van der Waals surface area contributed by atoms with Gasteiger partial charge in [-0.25, -0.2) is 24.1 Å². The zero-order chi connectivity index (χ0) is 21.7. The Hall–Kier alpha value is -2.15. The van der Waals surface area contributed by atoms with Crippen molar-refractivity contribution in [3.63, 3.8) is 0 Å². The molecule has 0 saturated carbocycles. The normalized spacial score (nSPS) is 11.9. The second kappa shape index (κ2) is 10.8. The van der Waals surface area contributed by atoms with Gasteiger partial charge in [0.05, 0.1) is 5.52 Å². The number of allylic oxidation sites excluding steroid dienone is 3. The summed E-state index contributed by atoms with van der Waals surface area (Å²) in [5.41, 5.74) is 5.15. The van der Waals surface area contributed by atoms with E-state index in [1.54, 1.807) is 0 Å². The maximum Gasteiger partial charge on any atom is 3.00 e. The van der Waals surface area contributed by atoms with Gasteiger partial charge in [-0.1, -0.05) is 71.9 Å². The van der Waals surface area contributed by atoms with Crippen molar-refractivity contribution in [1.82, 2.24) is 4.98 Å². The summed E-state index contributed by atoms with van der Waals surface area (Å²) in [5.74, 6) is 0. The van der Waals surface area contributed by atoms with Crippen LogP contribution in [0.2, 0.25) is 0 Å². The number of nitrogens with zero attached hydrogens (tertiary/aromatic N) is 1. The average Bonchev–Trinajstić information content (AvgIpc) is 2.67. The molecule has 0 saturated heterocycles. The molecule has 0 spiro atoms. The Kier molecular flexibility index (Phi) is 9.28. The van der Waals surface area contributed by atoms with E-state index in [2.05, 4.69) is 71.6 Å². The Balaban J connectivity index is 0.000000299. The van der Waals surface area contributed by atoms with Gasteiger partial charge >= 0.3 is 20.1 Å². The Bertz CT molecular complexity index is 986. The third kappa shape index (κ3) is 7.59. The molecule has 0 aliphatic rings. The molecule has 0 fully saturated rings. The van der Waals surface area contributed by atoms with Crippen molar-refractivity contribution in [2.24, 2.45) is 10.8 Å². The predicted molar refractivity (Wildman–Crippen MR) is 126 cm³/mol. The van der Waals surface area contributed by atoms with Gasteiger partial charge in [0, 0.05) is 0 Å². The van der Waals surface area contributed by atoms with Crippen LogP contribution in [0.4, 0.5) is 0 Å². The maximum absolute atomic E-state index is 5.95. The van der Waals surface area contributed by atoms with Gasteiger partial charge in [-0.2, -0.15) is 0 Å². The third-order valence-electron chi connectivity index (χ3n) is 4.74. The molecule has 3 aromatic rings. The molecule has 30 heavy (non-hydrogen) atoms. The molecule has 1 nitrogen and oxygen atoms in total. The van der Waals surface area contributed by atoms with Crippen LogP contribution in [0.25, 0.3) is 22.2 Å². The molecular weight excluding hydrogens is 543 g/mol. The second-order valence-electron chi connectivity index (χ2n) is 9.29. The first-order valence-corrected chi connectivity index (χ1v) is 9.98. The smallest absolute Gasteiger partial charge is 0.296 e. The van der Waals surface area contributed by atoms with Gasteiger partial charge in [0.2, 0.25) is 0 Å². The van der Waals surface area contributed by atoms with Gasteiger partial charge < -0.3 is 0 Å². The molecule has 2 heteroatoms. The quantitative estimate of drug-likeness (QED) is 0.224. The molecule has 0 bridgehead atoms. The minimum absolute atomic E-state index is 0. The number of fused-ring (bicyclic) bond motifs is 1. The standard InChI is InChI=1S/C15H10N.C13H22.Ir/c1-2-6-12(7-3-1)15-11-10-13-8-4-5-9-14(13)16-15;1-10(12(3,4)5)9-11(2)13(6,7)8;/h1-6,8-11H;1,9H,2H2,3-8H3;/q-1;-2;+3/b;11-9+;. The van der Waals surface area contributed by atoms with E-state index in [1.807, 2.05) is 54.6 Å². The van der Waals surface area contributed by atoms with Gasteiger partial charge in [-0.05, 0) is 28.0 Å². The Morgan fingerprint density at radius 1 is 0.900 bits per heavy atom. The molecule has 0 atom stereocenters. The Morgan fingerprint density at radius 2 is 1.53 bits per heavy atom. The number of hydrogen-bond donors (Lipinski definition) is 0. The van der Waals surface area contributed by atoms with E-state index < -0.39 is 0 Å². The fourth-order valence-corrected chi connectivity index (χ4v) is 2.39. The zero-order valence-electron chi connectivity index (χ0n) is 18.9. The summed E-state index contributed by atoms with van der Waals surface area (Å²) in [6.45, 7) is 22.7. The number of para-hydroxylation sites is 1. The number of aromatic nitrogens is 1. The largest absolute Gasteiger partial charge is 3.00 e. The topological polar surface area (TPSA) is 12.9 Å². The fraction of sp³-hybridized carbons (Fsp3) is 0.286. The van der Waals surface area contributed by atoms with Crippen LogP contribution in [0.1, 0.15) is 41.5 Å². The van der Waals surface area contributed by atoms with Gasteiger partial charge in [0.1, 0.15) is 0 Å². The van der Waals surface area contributed by atoms with E-state index >= 15 is 0 Å². The first kappa shape index (κ1) is 25.9. The van der Waals surface area contributed by atoms with E-state index in [9.17, 15) is 0 Å². The summed E-state index contributed by atoms with van der Waals surface area (Å²) >= 11 is 0. The minimum atomic E-state index is 0. The van der Waals surface area contributed by atoms with Crippen LogP contribution in [0, 0.1) is 30.4 Å². The van der Waals surface area contributed by atoms with Gasteiger partial charge in [-0.15, -0.1) is 35.9 Å². The van der Waals surface area contributed by atoms with Crippen LogP contribution in [0.15, 0.2) is 77.9 Å². The Morgan fingerprint density at radius 3 is 2.10 bits per heavy atom. The van der Waals surface area contributed by atoms with Crippen molar-refractivity contribution < 1.29 is 20.1 Å². The molecule has 0 unspecified atom stereocenters. The molecule has 0 aliphatic heterocycles. The SMILES string of the molecule is [CH-]=C(/C=C(\[CH2-])C(C)(C)C)C(C)(C)C.[Ir+3].[c-]1ccccc1-c1ccc2ccccc2n1. The number of rotatable bonds is 2. The number of hydrogen-bond acceptors (Lipinski definition) is 1. The average molecular weight is 575 g/mol. The Labute approximate surface area is 196 Å². The monoisotopic (exact) mass is 575 g/mol. The molecule has 158 valence electrons. The van der Waals surface area contributed by atoms with Crippen molar-refractivity contribution in [3.05, 3.63) is 97.5 Å². The first-order valence-electron chi connectivity index (χ1n) is 9.98. The fourth-order valence-electron chi connectivity index (χ4n) is 2.39.